The van der Waals surface area contributed by atoms with Gasteiger partial charge in [-0.05, 0) is 132 Å². The van der Waals surface area contributed by atoms with E-state index in [1.807, 2.05) is 72.9 Å². The lowest BCUT2D eigenvalue weighted by atomic mass is 9.72. The maximum absolute atomic E-state index is 12.5. The average Bonchev–Trinajstić information content (AvgIpc) is 0.836. The van der Waals surface area contributed by atoms with E-state index in [9.17, 15) is 24.0 Å². The maximum atomic E-state index is 12.5. The summed E-state index contributed by atoms with van der Waals surface area (Å²) in [5, 5.41) is 43.6. The van der Waals surface area contributed by atoms with Crippen molar-refractivity contribution in [3.63, 3.8) is 0 Å². The number of allylic oxidation sites excluding steroid dienone is 3. The molecule has 0 spiro atoms. The Morgan fingerprint density at radius 3 is 1.65 bits per heavy atom. The number of methoxy groups -OCH3 is 2. The van der Waals surface area contributed by atoms with Crippen molar-refractivity contribution in [1.82, 2.24) is 25.2 Å². The van der Waals surface area contributed by atoms with Gasteiger partial charge in [0.25, 0.3) is 5.82 Å². The van der Waals surface area contributed by atoms with Gasteiger partial charge < -0.3 is 59.5 Å². The molecule has 0 radical (unpaired) electrons. The van der Waals surface area contributed by atoms with Crippen LogP contribution in [0.2, 0.25) is 10.0 Å². The second kappa shape index (κ2) is 33.1. The fourth-order valence-electron chi connectivity index (χ4n) is 12.3. The summed E-state index contributed by atoms with van der Waals surface area (Å²) in [4.78, 5) is 74.1. The fourth-order valence-corrected chi connectivity index (χ4v) is 13.1. The number of carboxylic acids is 3. The first-order valence-corrected chi connectivity index (χ1v) is 34.1. The van der Waals surface area contributed by atoms with Crippen LogP contribution in [-0.2, 0) is 23.9 Å². The second-order valence-electron chi connectivity index (χ2n) is 26.1. The van der Waals surface area contributed by atoms with Gasteiger partial charge in [0.05, 0.1) is 45.5 Å². The number of pyridine rings is 2. The molecule has 0 saturated carbocycles. The molecule has 516 valence electrons. The zero-order valence-electron chi connectivity index (χ0n) is 55.7. The fraction of sp³-hybridized carbons (Fsp3) is 0.365. The second-order valence-corrected chi connectivity index (χ2v) is 27.6. The van der Waals surface area contributed by atoms with E-state index >= 15 is 0 Å². The highest BCUT2D eigenvalue weighted by atomic mass is 79.9. The lowest BCUT2D eigenvalue weighted by molar-refractivity contribution is -0.170. The SMILES string of the molecule is CC1(C)CCC(CBr)=C(c2ccc(Cl)cc2)C1.COC(=O)c1ccc(N2CCN(CC3=C(c4ccc(Cl)cc4)CC(C)(C)CC3)CC2)cc1Oc1cnc2[nH]ccc2c1.COC(=O)c1ccc(N2CCNCC2)cc1Oc1cnc2c(c1)C=[C+]N2.O=C(O)CC(O)(CC(=O)O)C(=O)O. The zero-order chi connectivity index (χ0) is 70.3. The topological polar surface area (TPSA) is 279 Å². The molecule has 0 atom stereocenters. The molecular formula is C74H82BrCl2N8O13+. The lowest BCUT2D eigenvalue weighted by Crippen LogP contribution is -2.47. The van der Waals surface area contributed by atoms with Crippen molar-refractivity contribution in [1.29, 1.82) is 0 Å². The largest absolute Gasteiger partial charge is 0.481 e. The molecule has 4 aromatic carbocycles. The van der Waals surface area contributed by atoms with Crippen LogP contribution in [0.4, 0.5) is 17.2 Å². The summed E-state index contributed by atoms with van der Waals surface area (Å²) >= 11 is 15.8. The molecular weight excluding hydrogens is 1360 g/mol. The first-order valence-electron chi connectivity index (χ1n) is 32.2. The van der Waals surface area contributed by atoms with Gasteiger partial charge in [0, 0.05) is 109 Å². The number of carbonyl (C=O) groups excluding carboxylic acids is 2. The summed E-state index contributed by atoms with van der Waals surface area (Å²) < 4.78 is 22.1. The van der Waals surface area contributed by atoms with Gasteiger partial charge in [0.2, 0.25) is 0 Å². The molecule has 3 aliphatic heterocycles. The quantitative estimate of drug-likeness (QED) is 0.0239. The predicted molar refractivity (Wildman–Crippen MR) is 384 cm³/mol. The van der Waals surface area contributed by atoms with E-state index in [1.165, 1.54) is 55.8 Å². The number of fused-ring (bicyclic) bond motifs is 2. The Hall–Kier alpha value is -8.86. The summed E-state index contributed by atoms with van der Waals surface area (Å²) in [5.74, 6) is -3.12. The van der Waals surface area contributed by atoms with E-state index in [2.05, 4.69) is 114 Å². The van der Waals surface area contributed by atoms with E-state index in [0.29, 0.717) is 45.0 Å². The minimum atomic E-state index is -2.74. The Morgan fingerprint density at radius 2 is 1.14 bits per heavy atom. The molecule has 0 bridgehead atoms. The first-order chi connectivity index (χ1) is 46.8. The molecule has 24 heteroatoms. The van der Waals surface area contributed by atoms with Crippen LogP contribution in [-0.4, -0.2) is 154 Å². The van der Waals surface area contributed by atoms with Crippen LogP contribution < -0.4 is 29.9 Å². The standard InChI is InChI=1S/C34H37ClN4O3.C19H19N4O3.C15H18BrCl.C6H8O7/c1-34(2)12-10-25(30(20-34)23-4-6-26(35)7-5-23)22-38-14-16-39(17-15-38)27-8-9-29(33(40)41-3)31(19-27)42-28-18-24-11-13-36-32(24)37-21-28;1-25-19(24)16-3-2-14(23-8-6-20-7-9-23)11-17(16)26-15-10-13-4-5-21-18(13)22-12-15;1-15(2)8-7-12(10-16)14(9-15)11-3-5-13(17)6-4-11;7-3(8)1-6(13,5(11)12)2-4(9)10/h4-9,11,13,18-19,21H,10,12,14-17,20,22H2,1-3H3,(H,36,37);2-4,10-12,20H,6-9H2,1H3,(H,21,22);3-6H,7-10H2,1-2H3;13H,1-2H2,(H,7,8)(H,9,10)(H,11,12)/q;+1;;. The number of carbonyl (C=O) groups is 5. The molecule has 98 heavy (non-hydrogen) atoms. The Bertz CT molecular complexity index is 4090. The Kier molecular flexibility index (Phi) is 24.8. The van der Waals surface area contributed by atoms with Crippen molar-refractivity contribution < 1.29 is 63.3 Å². The molecule has 2 fully saturated rings. The van der Waals surface area contributed by atoms with Crippen molar-refractivity contribution in [2.45, 2.75) is 84.7 Å². The van der Waals surface area contributed by atoms with Gasteiger partial charge in [0.15, 0.2) is 16.9 Å². The van der Waals surface area contributed by atoms with Gasteiger partial charge in [-0.3, -0.25) is 14.5 Å². The number of nitrogens with zero attached hydrogens (tertiary/aromatic N) is 5. The van der Waals surface area contributed by atoms with E-state index in [0.717, 1.165) is 127 Å². The number of anilines is 3. The van der Waals surface area contributed by atoms with Crippen LogP contribution in [0, 0.1) is 17.0 Å². The third kappa shape index (κ3) is 19.7. The van der Waals surface area contributed by atoms with E-state index in [1.54, 1.807) is 41.7 Å². The predicted octanol–water partition coefficient (Wildman–Crippen LogP) is 14.3. The van der Waals surface area contributed by atoms with Crippen molar-refractivity contribution >= 4 is 114 Å². The van der Waals surface area contributed by atoms with E-state index in [-0.39, 0.29) is 0 Å². The maximum Gasteiger partial charge on any atom is 0.341 e. The Balaban J connectivity index is 0.000000170. The van der Waals surface area contributed by atoms with Crippen molar-refractivity contribution in [3.05, 3.63) is 177 Å². The van der Waals surface area contributed by atoms with Gasteiger partial charge in [0.1, 0.15) is 46.3 Å². The average molecular weight is 1440 g/mol. The van der Waals surface area contributed by atoms with Crippen molar-refractivity contribution in [3.8, 4) is 23.0 Å². The smallest absolute Gasteiger partial charge is 0.341 e. The molecule has 5 aliphatic rings. The zero-order valence-corrected chi connectivity index (χ0v) is 58.8. The lowest BCUT2D eigenvalue weighted by Gasteiger charge is -2.39. The molecule has 0 unspecified atom stereocenters. The molecule has 21 nitrogen and oxygen atoms in total. The van der Waals surface area contributed by atoms with Crippen molar-refractivity contribution in [2.24, 2.45) is 10.8 Å². The molecule has 2 saturated heterocycles. The molecule has 6 heterocycles. The van der Waals surface area contributed by atoms with Crippen molar-refractivity contribution in [2.75, 3.05) is 93.6 Å². The van der Waals surface area contributed by atoms with Crippen LogP contribution in [0.15, 0.2) is 133 Å². The number of aliphatic hydroxyl groups is 1. The van der Waals surface area contributed by atoms with Crippen LogP contribution in [0.25, 0.3) is 28.3 Å². The highest BCUT2D eigenvalue weighted by Crippen LogP contribution is 2.45. The number of aromatic nitrogens is 3. The number of benzene rings is 4. The minimum absolute atomic E-state index is 0.302. The molecule has 2 aliphatic carbocycles. The summed E-state index contributed by atoms with van der Waals surface area (Å²) in [7, 11) is 2.74. The van der Waals surface area contributed by atoms with Gasteiger partial charge in [-0.15, -0.1) is 0 Å². The van der Waals surface area contributed by atoms with E-state index in [4.69, 9.17) is 62.6 Å². The van der Waals surface area contributed by atoms with Crippen LogP contribution in [0.5, 0.6) is 23.0 Å². The number of halogens is 3. The summed E-state index contributed by atoms with van der Waals surface area (Å²) in [6.45, 7) is 17.8. The number of piperazine rings is 2. The van der Waals surface area contributed by atoms with Crippen LogP contribution in [0.3, 0.4) is 0 Å². The number of hydrogen-bond donors (Lipinski definition) is 7. The number of hydrogen-bond acceptors (Lipinski definition) is 17. The van der Waals surface area contributed by atoms with Gasteiger partial charge in [-0.1, -0.05) is 102 Å². The summed E-state index contributed by atoms with van der Waals surface area (Å²) in [6.07, 6.45) is 14.6. The number of ether oxygens (including phenoxy) is 4. The van der Waals surface area contributed by atoms with Gasteiger partial charge in [-0.2, -0.15) is 10.3 Å². The number of aromatic amines is 1. The number of carboxylic acid groups (broad SMARTS) is 3. The number of nitrogens with one attached hydrogen (secondary N) is 3. The normalized spacial score (nSPS) is 16.3. The molecule has 7 N–H and O–H groups in total. The summed E-state index contributed by atoms with van der Waals surface area (Å²) in [6, 6.07) is 33.5. The highest BCUT2D eigenvalue weighted by Gasteiger charge is 2.41. The third-order valence-corrected chi connectivity index (χ3v) is 18.9. The number of rotatable bonds is 18. The molecule has 3 aromatic heterocycles. The molecule has 12 rings (SSSR count). The molecule has 7 aromatic rings. The number of alkyl halides is 1. The molecule has 0 amide bonds. The Labute approximate surface area is 588 Å². The summed E-state index contributed by atoms with van der Waals surface area (Å²) in [5.41, 5.74) is 11.2. The number of aliphatic carboxylic acids is 3. The van der Waals surface area contributed by atoms with Crippen LogP contribution in [0.1, 0.15) is 116 Å². The Morgan fingerprint density at radius 1 is 0.643 bits per heavy atom. The number of H-pyrrole nitrogens is 1. The van der Waals surface area contributed by atoms with Gasteiger partial charge >= 0.3 is 29.8 Å². The van der Waals surface area contributed by atoms with E-state index < -0.39 is 48.3 Å². The third-order valence-electron chi connectivity index (χ3n) is 17.7. The monoisotopic (exact) mass is 1440 g/mol. The highest BCUT2D eigenvalue weighted by molar-refractivity contribution is 9.09. The first kappa shape index (κ1) is 73.4. The van der Waals surface area contributed by atoms with Crippen LogP contribution >= 0.6 is 39.1 Å². The van der Waals surface area contributed by atoms with Gasteiger partial charge in [-0.25, -0.2) is 19.4 Å². The minimum Gasteiger partial charge on any atom is -0.481 e. The number of esters is 2.